The number of nitrogens with zero attached hydrogens (tertiary/aromatic N) is 2. The smallest absolute Gasteiger partial charge is 0.309 e. The second kappa shape index (κ2) is 31.1. The van der Waals surface area contributed by atoms with E-state index in [4.69, 9.17) is 18.9 Å². The van der Waals surface area contributed by atoms with Crippen molar-refractivity contribution in [2.24, 2.45) is 23.7 Å². The first-order valence-corrected chi connectivity index (χ1v) is 33.2. The Kier molecular flexibility index (Phi) is 27.8. The predicted octanol–water partition coefficient (Wildman–Crippen LogP) is 15.6. The van der Waals surface area contributed by atoms with Gasteiger partial charge in [-0.25, -0.2) is 0 Å². The number of rotatable bonds is 22. The van der Waals surface area contributed by atoms with Crippen LogP contribution in [0.25, 0.3) is 0 Å². The van der Waals surface area contributed by atoms with Crippen LogP contribution in [0, 0.1) is 30.6 Å². The highest BCUT2D eigenvalue weighted by atomic mass is 16.5. The third-order valence-corrected chi connectivity index (χ3v) is 17.9. The predicted molar refractivity (Wildman–Crippen MR) is 347 cm³/mol. The molecule has 498 valence electrons. The van der Waals surface area contributed by atoms with Crippen LogP contribution in [-0.2, 0) is 49.0 Å². The van der Waals surface area contributed by atoms with Crippen molar-refractivity contribution in [1.82, 2.24) is 20.8 Å². The molecule has 4 aliphatic rings. The Morgan fingerprint density at radius 2 is 0.605 bits per heavy atom. The van der Waals surface area contributed by atoms with Gasteiger partial charge in [0.25, 0.3) is 0 Å². The van der Waals surface area contributed by atoms with Crippen molar-refractivity contribution in [3.8, 4) is 5.75 Å². The Hall–Kier alpha value is -3.34. The number of hydroxylamine groups is 4. The van der Waals surface area contributed by atoms with E-state index >= 15 is 0 Å². The molecule has 4 heterocycles. The zero-order valence-corrected chi connectivity index (χ0v) is 58.9. The minimum absolute atomic E-state index is 0.0176. The van der Waals surface area contributed by atoms with Crippen LogP contribution in [0.15, 0.2) is 12.1 Å². The van der Waals surface area contributed by atoms with Crippen LogP contribution in [0.5, 0.6) is 5.75 Å². The molecule has 1 aromatic carbocycles. The number of phenols is 1. The normalized spacial score (nSPS) is 22.1. The molecule has 0 radical (unpaired) electrons. The van der Waals surface area contributed by atoms with E-state index in [1.165, 1.54) is 15.7 Å². The second-order valence-electron chi connectivity index (χ2n) is 33.7. The molecule has 15 nitrogen and oxygen atoms in total. The molecule has 4 aliphatic heterocycles. The topological polar surface area (TPSA) is 196 Å². The number of aryl methyl sites for hydroxylation is 1. The first kappa shape index (κ1) is 76.9. The molecular formula is C71H128N4O11. The van der Waals surface area contributed by atoms with Gasteiger partial charge in [0.15, 0.2) is 0 Å². The number of nitrogens with one attached hydrogen (secondary N) is 2. The third kappa shape index (κ3) is 25.1. The van der Waals surface area contributed by atoms with Gasteiger partial charge in [-0.2, -0.15) is 10.1 Å². The highest BCUT2D eigenvalue weighted by molar-refractivity contribution is 5.74. The van der Waals surface area contributed by atoms with E-state index in [1.807, 2.05) is 55.4 Å². The average Bonchev–Trinajstić information content (AvgIpc) is 0.884. The van der Waals surface area contributed by atoms with Gasteiger partial charge in [0.1, 0.15) is 5.75 Å². The fraction of sp³-hybridized carbons (Fsp3) is 0.859. The molecule has 0 aromatic heterocycles. The molecule has 0 spiro atoms. The molecular weight excluding hydrogens is 1080 g/mol. The van der Waals surface area contributed by atoms with E-state index in [1.54, 1.807) is 0 Å². The fourth-order valence-corrected chi connectivity index (χ4v) is 14.8. The zero-order valence-electron chi connectivity index (χ0n) is 58.9. The molecule has 0 atom stereocenters. The number of carbonyl (C=O) groups excluding carboxylic acids is 4. The number of unbranched alkanes of at least 4 members (excludes halogenated alkanes) is 10. The molecule has 1 aromatic rings. The monoisotopic (exact) mass is 1210 g/mol. The second-order valence-corrected chi connectivity index (χ2v) is 33.7. The standard InChI is InChI=1S/C28H52N2O6.C28H52N2O4.C15H24O/c1-25(2)17-21(18-26(3,4)29(25)33)23(31)35-15-13-11-9-10-12-14-16-36-24(32)22-19-27(5,6)30(34)28(7,8)20-22;1-25(2)17-21(18-26(3,4)29-25)23(31)33-15-13-11-9-10-12-14-16-34-24(32)22-19-27(5,6)30-28(7,8)20-22;1-10-8-11(14(2,3)4)13(16)12(9-10)15(5,6)7/h21-22,33-34H,9-20H2,1-8H3;21-22,29-30H,9-20H2,1-8H3;8-9,16H,1-7H3. The van der Waals surface area contributed by atoms with Crippen LogP contribution in [0.1, 0.15) is 297 Å². The van der Waals surface area contributed by atoms with Crippen molar-refractivity contribution in [2.75, 3.05) is 26.4 Å². The largest absolute Gasteiger partial charge is 0.507 e. The molecule has 86 heavy (non-hydrogen) atoms. The van der Waals surface area contributed by atoms with Gasteiger partial charge < -0.3 is 45.1 Å². The van der Waals surface area contributed by atoms with Gasteiger partial charge in [0, 0.05) is 44.3 Å². The summed E-state index contributed by atoms with van der Waals surface area (Å²) in [6.07, 6.45) is 17.7. The molecule has 0 bridgehead atoms. The van der Waals surface area contributed by atoms with E-state index in [2.05, 4.69) is 127 Å². The van der Waals surface area contributed by atoms with Crippen molar-refractivity contribution < 1.29 is 53.6 Å². The Labute approximate surface area is 523 Å². The Balaban J connectivity index is 0.000000361. The zero-order chi connectivity index (χ0) is 65.7. The van der Waals surface area contributed by atoms with Gasteiger partial charge in [-0.1, -0.05) is 111 Å². The maximum atomic E-state index is 12.6. The summed E-state index contributed by atoms with van der Waals surface area (Å²) in [6.45, 7) is 49.7. The van der Waals surface area contributed by atoms with Crippen molar-refractivity contribution in [3.05, 3.63) is 28.8 Å². The van der Waals surface area contributed by atoms with Gasteiger partial charge in [0.05, 0.1) is 50.1 Å². The number of aromatic hydroxyl groups is 1. The number of esters is 4. The minimum Gasteiger partial charge on any atom is -0.507 e. The van der Waals surface area contributed by atoms with E-state index in [9.17, 15) is 34.7 Å². The van der Waals surface area contributed by atoms with Crippen molar-refractivity contribution in [2.45, 2.75) is 343 Å². The van der Waals surface area contributed by atoms with Gasteiger partial charge in [0.2, 0.25) is 0 Å². The van der Waals surface area contributed by atoms with Gasteiger partial charge in [-0.05, 0) is 217 Å². The summed E-state index contributed by atoms with van der Waals surface area (Å²) in [4.78, 5) is 50.2. The number of hydrogen-bond donors (Lipinski definition) is 5. The number of piperidine rings is 4. The fourth-order valence-electron chi connectivity index (χ4n) is 14.8. The molecule has 5 rings (SSSR count). The maximum absolute atomic E-state index is 12.6. The van der Waals surface area contributed by atoms with Gasteiger partial charge in [-0.3, -0.25) is 19.2 Å². The SMILES string of the molecule is CC1(C)CC(C(=O)OCCCCCCCCOC(=O)C2CC(C)(C)N(O)C(C)(C)C2)CC(C)(C)N1O.CC1(C)CC(C(=O)OCCCCCCCCOC(=O)C2CC(C)(C)NC(C)(C)C2)CC(C)(C)N1.Cc1cc(C(C)(C)C)c(O)c(C(C)(C)C)c1. The molecule has 4 fully saturated rings. The van der Waals surface area contributed by atoms with E-state index in [0.717, 1.165) is 114 Å². The summed E-state index contributed by atoms with van der Waals surface area (Å²) >= 11 is 0. The first-order valence-electron chi connectivity index (χ1n) is 33.2. The summed E-state index contributed by atoms with van der Waals surface area (Å²) in [5.41, 5.74) is 1.28. The lowest BCUT2D eigenvalue weighted by Gasteiger charge is -2.50. The van der Waals surface area contributed by atoms with Crippen LogP contribution in [0.3, 0.4) is 0 Å². The van der Waals surface area contributed by atoms with Crippen LogP contribution < -0.4 is 10.6 Å². The molecule has 0 aliphatic carbocycles. The van der Waals surface area contributed by atoms with Gasteiger partial charge in [-0.15, -0.1) is 0 Å². The van der Waals surface area contributed by atoms with Crippen molar-refractivity contribution in [3.63, 3.8) is 0 Å². The first-order chi connectivity index (χ1) is 39.1. The van der Waals surface area contributed by atoms with Crippen LogP contribution in [-0.4, -0.2) is 120 Å². The minimum atomic E-state index is -0.454. The lowest BCUT2D eigenvalue weighted by atomic mass is 9.75. The maximum Gasteiger partial charge on any atom is 0.309 e. The summed E-state index contributed by atoms with van der Waals surface area (Å²) in [6, 6.07) is 4.18. The number of benzene rings is 1. The van der Waals surface area contributed by atoms with E-state index in [-0.39, 0.29) is 80.5 Å². The third-order valence-electron chi connectivity index (χ3n) is 17.9. The van der Waals surface area contributed by atoms with Crippen LogP contribution in [0.4, 0.5) is 0 Å². The highest BCUT2D eigenvalue weighted by Gasteiger charge is 2.49. The van der Waals surface area contributed by atoms with Crippen LogP contribution in [0.2, 0.25) is 0 Å². The van der Waals surface area contributed by atoms with E-state index < -0.39 is 22.2 Å². The average molecular weight is 1210 g/mol. The number of carbonyl (C=O) groups is 4. The Morgan fingerprint density at radius 3 is 0.814 bits per heavy atom. The van der Waals surface area contributed by atoms with E-state index in [0.29, 0.717) is 57.9 Å². The molecule has 0 saturated carbocycles. The van der Waals surface area contributed by atoms with Gasteiger partial charge >= 0.3 is 23.9 Å². The van der Waals surface area contributed by atoms with Crippen molar-refractivity contribution in [1.29, 1.82) is 0 Å². The number of phenolic OH excluding ortho intramolecular Hbond substituents is 1. The molecule has 15 heteroatoms. The van der Waals surface area contributed by atoms with Crippen molar-refractivity contribution >= 4 is 23.9 Å². The Morgan fingerprint density at radius 1 is 0.407 bits per heavy atom. The lowest BCUT2D eigenvalue weighted by Crippen LogP contribution is -2.60. The molecule has 0 unspecified atom stereocenters. The summed E-state index contributed by atoms with van der Waals surface area (Å²) in [5.74, 6) is -0.318. The number of hydrogen-bond acceptors (Lipinski definition) is 15. The molecule has 5 N–H and O–H groups in total. The molecule has 0 amide bonds. The summed E-state index contributed by atoms with van der Waals surface area (Å²) in [7, 11) is 0. The quantitative estimate of drug-likeness (QED) is 0.0417. The Bertz CT molecular complexity index is 2100. The molecule has 4 saturated heterocycles. The number of ether oxygens (including phenoxy) is 4. The van der Waals surface area contributed by atoms with Crippen LogP contribution >= 0.6 is 0 Å². The summed E-state index contributed by atoms with van der Waals surface area (Å²) in [5, 5.41) is 41.2. The lowest BCUT2D eigenvalue weighted by molar-refractivity contribution is -0.252. The highest BCUT2D eigenvalue weighted by Crippen LogP contribution is 2.43. The summed E-state index contributed by atoms with van der Waals surface area (Å²) < 4.78 is 22.3.